The maximum absolute atomic E-state index is 10.9. The Morgan fingerprint density at radius 3 is 2.47 bits per heavy atom. The molecule has 1 aliphatic carbocycles. The fourth-order valence-corrected chi connectivity index (χ4v) is 3.79. The Balaban J connectivity index is 2.09. The van der Waals surface area contributed by atoms with Crippen molar-refractivity contribution in [2.24, 2.45) is 11.8 Å². The van der Waals surface area contributed by atoms with Crippen LogP contribution >= 0.6 is 11.6 Å². The molecule has 1 aromatic carbocycles. The summed E-state index contributed by atoms with van der Waals surface area (Å²) in [5.41, 5.74) is 0.574. The van der Waals surface area contributed by atoms with Gasteiger partial charge in [0.2, 0.25) is 0 Å². The minimum atomic E-state index is -0.602. The molecule has 0 aromatic heterocycles. The predicted molar refractivity (Wildman–Crippen MR) is 81.5 cm³/mol. The van der Waals surface area contributed by atoms with Crippen LogP contribution in [-0.4, -0.2) is 10.7 Å². The maximum Gasteiger partial charge on any atom is 0.0690 e. The number of rotatable bonds is 4. The van der Waals surface area contributed by atoms with E-state index in [-0.39, 0.29) is 0 Å². The molecule has 106 valence electrons. The van der Waals surface area contributed by atoms with Gasteiger partial charge in [-0.25, -0.2) is 0 Å². The quantitative estimate of drug-likeness (QED) is 0.836. The Morgan fingerprint density at radius 1 is 1.21 bits per heavy atom. The van der Waals surface area contributed by atoms with Gasteiger partial charge in [-0.2, -0.15) is 0 Å². The van der Waals surface area contributed by atoms with Gasteiger partial charge in [-0.15, -0.1) is 0 Å². The zero-order chi connectivity index (χ0) is 13.9. The normalized spacial score (nSPS) is 26.9. The third-order valence-electron chi connectivity index (χ3n) is 4.71. The zero-order valence-electron chi connectivity index (χ0n) is 12.0. The smallest absolute Gasteiger partial charge is 0.0690 e. The molecule has 2 rings (SSSR count). The minimum absolute atomic E-state index is 0.432. The molecule has 1 aliphatic rings. The van der Waals surface area contributed by atoms with Gasteiger partial charge in [0.15, 0.2) is 0 Å². The van der Waals surface area contributed by atoms with Crippen molar-refractivity contribution in [1.82, 2.24) is 0 Å². The van der Waals surface area contributed by atoms with Crippen LogP contribution in [0.3, 0.4) is 0 Å². The molecular formula is C17H25ClO. The van der Waals surface area contributed by atoms with Crippen molar-refractivity contribution in [1.29, 1.82) is 0 Å². The lowest BCUT2D eigenvalue weighted by Crippen LogP contribution is -2.42. The molecule has 1 fully saturated rings. The molecular weight excluding hydrogens is 256 g/mol. The average molecular weight is 281 g/mol. The van der Waals surface area contributed by atoms with Crippen LogP contribution in [0.1, 0.15) is 51.5 Å². The molecule has 0 saturated heterocycles. The van der Waals surface area contributed by atoms with Crippen LogP contribution < -0.4 is 0 Å². The first kappa shape index (κ1) is 14.9. The molecule has 3 atom stereocenters. The van der Waals surface area contributed by atoms with Gasteiger partial charge in [-0.1, -0.05) is 56.3 Å². The summed E-state index contributed by atoms with van der Waals surface area (Å²) in [5.74, 6) is 1.11. The van der Waals surface area contributed by atoms with Crippen LogP contribution in [-0.2, 0) is 6.42 Å². The fourth-order valence-electron chi connectivity index (χ4n) is 3.66. The number of halogens is 1. The van der Waals surface area contributed by atoms with Gasteiger partial charge in [0.05, 0.1) is 5.60 Å². The Hall–Kier alpha value is -0.530. The lowest BCUT2D eigenvalue weighted by atomic mass is 9.68. The Bertz CT molecular complexity index is 396. The predicted octanol–water partition coefficient (Wildman–Crippen LogP) is 4.85. The van der Waals surface area contributed by atoms with Gasteiger partial charge < -0.3 is 5.11 Å². The zero-order valence-corrected chi connectivity index (χ0v) is 12.8. The second kappa shape index (κ2) is 6.28. The minimum Gasteiger partial charge on any atom is -0.390 e. The van der Waals surface area contributed by atoms with Gasteiger partial charge in [-0.05, 0) is 42.9 Å². The van der Waals surface area contributed by atoms with E-state index in [0.717, 1.165) is 11.4 Å². The standard InChI is InChI=1S/C17H25ClO/c1-3-14-6-4-5-7-16(14)17(2,19)12-13-8-10-15(18)11-9-13/h8-11,14,16,19H,3-7,12H2,1-2H3. The average Bonchev–Trinajstić information content (AvgIpc) is 2.41. The number of hydrogen-bond donors (Lipinski definition) is 1. The molecule has 1 aromatic rings. The van der Waals surface area contributed by atoms with Crippen molar-refractivity contribution in [2.75, 3.05) is 0 Å². The van der Waals surface area contributed by atoms with Crippen LogP contribution in [0.15, 0.2) is 24.3 Å². The van der Waals surface area contributed by atoms with E-state index >= 15 is 0 Å². The van der Waals surface area contributed by atoms with Crippen LogP contribution in [0, 0.1) is 11.8 Å². The fraction of sp³-hybridized carbons (Fsp3) is 0.647. The monoisotopic (exact) mass is 280 g/mol. The highest BCUT2D eigenvalue weighted by Gasteiger charge is 2.38. The van der Waals surface area contributed by atoms with E-state index < -0.39 is 5.60 Å². The van der Waals surface area contributed by atoms with Crippen LogP contribution in [0.2, 0.25) is 5.02 Å². The SMILES string of the molecule is CCC1CCCCC1C(C)(O)Cc1ccc(Cl)cc1. The van der Waals surface area contributed by atoms with Gasteiger partial charge in [0.1, 0.15) is 0 Å². The van der Waals surface area contributed by atoms with Crippen molar-refractivity contribution in [3.8, 4) is 0 Å². The summed E-state index contributed by atoms with van der Waals surface area (Å²) in [6, 6.07) is 7.87. The molecule has 1 N–H and O–H groups in total. The van der Waals surface area contributed by atoms with Gasteiger partial charge >= 0.3 is 0 Å². The summed E-state index contributed by atoms with van der Waals surface area (Å²) < 4.78 is 0. The molecule has 0 heterocycles. The van der Waals surface area contributed by atoms with E-state index in [2.05, 4.69) is 6.92 Å². The van der Waals surface area contributed by atoms with Crippen LogP contribution in [0.4, 0.5) is 0 Å². The molecule has 0 spiro atoms. The van der Waals surface area contributed by atoms with E-state index in [1.807, 2.05) is 31.2 Å². The molecule has 0 radical (unpaired) electrons. The summed E-state index contributed by atoms with van der Waals surface area (Å²) in [5, 5.41) is 11.7. The van der Waals surface area contributed by atoms with E-state index in [0.29, 0.717) is 11.8 Å². The van der Waals surface area contributed by atoms with E-state index in [1.54, 1.807) is 0 Å². The highest BCUT2D eigenvalue weighted by atomic mass is 35.5. The molecule has 0 aliphatic heterocycles. The molecule has 0 amide bonds. The molecule has 2 heteroatoms. The molecule has 1 nitrogen and oxygen atoms in total. The first-order chi connectivity index (χ1) is 9.03. The molecule has 0 bridgehead atoms. The maximum atomic E-state index is 10.9. The van der Waals surface area contributed by atoms with Crippen molar-refractivity contribution in [3.05, 3.63) is 34.9 Å². The van der Waals surface area contributed by atoms with Crippen molar-refractivity contribution >= 4 is 11.6 Å². The number of hydrogen-bond acceptors (Lipinski definition) is 1. The van der Waals surface area contributed by atoms with Crippen molar-refractivity contribution in [3.63, 3.8) is 0 Å². The summed E-state index contributed by atoms with van der Waals surface area (Å²) in [6.45, 7) is 4.27. The lowest BCUT2D eigenvalue weighted by Gasteiger charge is -2.41. The van der Waals surface area contributed by atoms with Crippen molar-refractivity contribution in [2.45, 2.75) is 58.0 Å². The second-order valence-electron chi connectivity index (χ2n) is 6.22. The first-order valence-corrected chi connectivity index (χ1v) is 7.87. The van der Waals surface area contributed by atoms with Crippen molar-refractivity contribution < 1.29 is 5.11 Å². The largest absolute Gasteiger partial charge is 0.390 e. The van der Waals surface area contributed by atoms with Gasteiger partial charge in [-0.3, -0.25) is 0 Å². The highest BCUT2D eigenvalue weighted by Crippen LogP contribution is 2.40. The van der Waals surface area contributed by atoms with E-state index in [9.17, 15) is 5.11 Å². The summed E-state index contributed by atoms with van der Waals surface area (Å²) in [4.78, 5) is 0. The molecule has 1 saturated carbocycles. The Kier molecular flexibility index (Phi) is 4.92. The van der Waals surface area contributed by atoms with E-state index in [4.69, 9.17) is 11.6 Å². The Morgan fingerprint density at radius 2 is 1.84 bits per heavy atom. The van der Waals surface area contributed by atoms with Crippen LogP contribution in [0.25, 0.3) is 0 Å². The Labute approximate surface area is 122 Å². The molecule has 3 unspecified atom stereocenters. The second-order valence-corrected chi connectivity index (χ2v) is 6.66. The van der Waals surface area contributed by atoms with Gasteiger partial charge in [0, 0.05) is 11.4 Å². The first-order valence-electron chi connectivity index (χ1n) is 7.49. The highest BCUT2D eigenvalue weighted by molar-refractivity contribution is 6.30. The summed E-state index contributed by atoms with van der Waals surface area (Å²) >= 11 is 5.91. The number of benzene rings is 1. The van der Waals surface area contributed by atoms with E-state index in [1.165, 1.54) is 37.7 Å². The van der Waals surface area contributed by atoms with Gasteiger partial charge in [0.25, 0.3) is 0 Å². The number of aliphatic hydroxyl groups is 1. The third-order valence-corrected chi connectivity index (χ3v) is 4.96. The summed E-state index contributed by atoms with van der Waals surface area (Å²) in [6.07, 6.45) is 6.94. The van der Waals surface area contributed by atoms with Crippen LogP contribution in [0.5, 0.6) is 0 Å². The molecule has 19 heavy (non-hydrogen) atoms. The summed E-state index contributed by atoms with van der Waals surface area (Å²) in [7, 11) is 0. The third kappa shape index (κ3) is 3.73. The lowest BCUT2D eigenvalue weighted by molar-refractivity contribution is -0.0430. The topological polar surface area (TPSA) is 20.2 Å².